The van der Waals surface area contributed by atoms with Crippen LogP contribution in [0.25, 0.3) is 0 Å². The summed E-state index contributed by atoms with van der Waals surface area (Å²) in [5.41, 5.74) is 7.38. The molecule has 0 radical (unpaired) electrons. The van der Waals surface area contributed by atoms with Gasteiger partial charge >= 0.3 is 0 Å². The summed E-state index contributed by atoms with van der Waals surface area (Å²) in [6.07, 6.45) is 1.38. The van der Waals surface area contributed by atoms with Crippen molar-refractivity contribution in [3.05, 3.63) is 57.8 Å². The molecule has 1 aromatic heterocycles. The molecule has 1 aromatic carbocycles. The fraction of sp³-hybridized carbons (Fsp3) is 0.200. The first-order valence-electron chi connectivity index (χ1n) is 6.34. The van der Waals surface area contributed by atoms with Gasteiger partial charge in [-0.3, -0.25) is 4.79 Å². The molecule has 110 valence electrons. The van der Waals surface area contributed by atoms with Gasteiger partial charge < -0.3 is 10.6 Å². The molecule has 2 rings (SSSR count). The van der Waals surface area contributed by atoms with Crippen molar-refractivity contribution in [3.63, 3.8) is 0 Å². The normalized spacial score (nSPS) is 12.0. The zero-order valence-corrected chi connectivity index (χ0v) is 13.2. The van der Waals surface area contributed by atoms with E-state index in [1.165, 1.54) is 12.3 Å². The number of hydrogen-bond donors (Lipinski definition) is 1. The number of anilines is 1. The molecule has 21 heavy (non-hydrogen) atoms. The molecule has 2 aromatic rings. The Labute approximate surface area is 133 Å². The number of hydrogen-bond acceptors (Lipinski definition) is 3. The molecule has 1 heterocycles. The standard InChI is InChI=1S/C15H15Cl2N3O/c1-9(10-4-3-5-11(16)6-10)20(2)15(21)12-7-14(17)19-8-13(12)18/h3-9H,18H2,1-2H3. The summed E-state index contributed by atoms with van der Waals surface area (Å²) in [7, 11) is 1.71. The van der Waals surface area contributed by atoms with Gasteiger partial charge in [0.2, 0.25) is 0 Å². The summed E-state index contributed by atoms with van der Waals surface area (Å²) >= 11 is 11.8. The van der Waals surface area contributed by atoms with Crippen molar-refractivity contribution in [2.45, 2.75) is 13.0 Å². The van der Waals surface area contributed by atoms with E-state index in [1.807, 2.05) is 25.1 Å². The van der Waals surface area contributed by atoms with Crippen LogP contribution in [0, 0.1) is 0 Å². The lowest BCUT2D eigenvalue weighted by atomic mass is 10.1. The average molecular weight is 324 g/mol. The topological polar surface area (TPSA) is 59.2 Å². The summed E-state index contributed by atoms with van der Waals surface area (Å²) < 4.78 is 0. The molecule has 0 spiro atoms. The molecule has 6 heteroatoms. The first-order valence-corrected chi connectivity index (χ1v) is 7.09. The van der Waals surface area contributed by atoms with E-state index < -0.39 is 0 Å². The van der Waals surface area contributed by atoms with Gasteiger partial charge in [0.25, 0.3) is 5.91 Å². The molecule has 1 atom stereocenters. The lowest BCUT2D eigenvalue weighted by Crippen LogP contribution is -2.30. The van der Waals surface area contributed by atoms with E-state index in [9.17, 15) is 4.79 Å². The summed E-state index contributed by atoms with van der Waals surface area (Å²) in [6.45, 7) is 1.92. The number of halogens is 2. The highest BCUT2D eigenvalue weighted by atomic mass is 35.5. The van der Waals surface area contributed by atoms with Crippen LogP contribution in [0.4, 0.5) is 5.69 Å². The molecule has 1 amide bonds. The molecule has 0 fully saturated rings. The van der Waals surface area contributed by atoms with Crippen LogP contribution in [-0.2, 0) is 0 Å². The average Bonchev–Trinajstić information content (AvgIpc) is 2.47. The summed E-state index contributed by atoms with van der Waals surface area (Å²) in [4.78, 5) is 18.0. The third-order valence-corrected chi connectivity index (χ3v) is 3.81. The second-order valence-electron chi connectivity index (χ2n) is 4.74. The molecular weight excluding hydrogens is 309 g/mol. The van der Waals surface area contributed by atoms with E-state index in [2.05, 4.69) is 4.98 Å². The first-order chi connectivity index (χ1) is 9.90. The molecule has 0 aliphatic rings. The van der Waals surface area contributed by atoms with Crippen LogP contribution in [0.5, 0.6) is 0 Å². The number of benzene rings is 1. The maximum absolute atomic E-state index is 12.5. The Morgan fingerprint density at radius 2 is 2.05 bits per heavy atom. The van der Waals surface area contributed by atoms with Gasteiger partial charge in [0, 0.05) is 12.1 Å². The van der Waals surface area contributed by atoms with Crippen molar-refractivity contribution in [1.29, 1.82) is 0 Å². The smallest absolute Gasteiger partial charge is 0.256 e. The fourth-order valence-electron chi connectivity index (χ4n) is 1.98. The molecule has 0 bridgehead atoms. The third-order valence-electron chi connectivity index (χ3n) is 3.36. The number of carbonyl (C=O) groups is 1. The summed E-state index contributed by atoms with van der Waals surface area (Å²) in [6, 6.07) is 8.72. The molecule has 0 aliphatic carbocycles. The van der Waals surface area contributed by atoms with Crippen LogP contribution in [0.15, 0.2) is 36.5 Å². The Morgan fingerprint density at radius 3 is 2.71 bits per heavy atom. The highest BCUT2D eigenvalue weighted by Gasteiger charge is 2.21. The zero-order valence-electron chi connectivity index (χ0n) is 11.7. The number of rotatable bonds is 3. The number of nitrogens with two attached hydrogens (primary N) is 1. The van der Waals surface area contributed by atoms with Crippen molar-refractivity contribution < 1.29 is 4.79 Å². The largest absolute Gasteiger partial charge is 0.397 e. The minimum absolute atomic E-state index is 0.150. The van der Waals surface area contributed by atoms with Crippen molar-refractivity contribution in [1.82, 2.24) is 9.88 Å². The highest BCUT2D eigenvalue weighted by molar-refractivity contribution is 6.30. The predicted octanol–water partition coefficient (Wildman–Crippen LogP) is 3.80. The molecule has 0 aliphatic heterocycles. The van der Waals surface area contributed by atoms with Gasteiger partial charge in [-0.1, -0.05) is 35.3 Å². The molecule has 0 saturated carbocycles. The lowest BCUT2D eigenvalue weighted by molar-refractivity contribution is 0.0743. The minimum atomic E-state index is -0.218. The van der Waals surface area contributed by atoms with Crippen LogP contribution in [0.1, 0.15) is 28.9 Å². The number of aromatic nitrogens is 1. The third kappa shape index (κ3) is 3.46. The monoisotopic (exact) mass is 323 g/mol. The van der Waals surface area contributed by atoms with E-state index in [0.717, 1.165) is 5.56 Å². The Balaban J connectivity index is 2.28. The van der Waals surface area contributed by atoms with Crippen LogP contribution < -0.4 is 5.73 Å². The minimum Gasteiger partial charge on any atom is -0.397 e. The van der Waals surface area contributed by atoms with Crippen LogP contribution in [-0.4, -0.2) is 22.8 Å². The van der Waals surface area contributed by atoms with E-state index >= 15 is 0 Å². The van der Waals surface area contributed by atoms with Gasteiger partial charge in [-0.25, -0.2) is 4.98 Å². The van der Waals surface area contributed by atoms with Crippen LogP contribution in [0.3, 0.4) is 0 Å². The van der Waals surface area contributed by atoms with E-state index in [0.29, 0.717) is 16.3 Å². The van der Waals surface area contributed by atoms with Gasteiger partial charge in [0.15, 0.2) is 0 Å². The Morgan fingerprint density at radius 1 is 1.33 bits per heavy atom. The lowest BCUT2D eigenvalue weighted by Gasteiger charge is -2.26. The van der Waals surface area contributed by atoms with Gasteiger partial charge in [0.1, 0.15) is 5.15 Å². The highest BCUT2D eigenvalue weighted by Crippen LogP contribution is 2.25. The maximum Gasteiger partial charge on any atom is 0.256 e. The van der Waals surface area contributed by atoms with Crippen LogP contribution >= 0.6 is 23.2 Å². The number of nitrogens with zero attached hydrogens (tertiary/aromatic N) is 2. The summed E-state index contributed by atoms with van der Waals surface area (Å²) in [5.74, 6) is -0.218. The Kier molecular flexibility index (Phi) is 4.70. The van der Waals surface area contributed by atoms with Gasteiger partial charge in [-0.2, -0.15) is 0 Å². The van der Waals surface area contributed by atoms with Gasteiger partial charge in [-0.15, -0.1) is 0 Å². The van der Waals surface area contributed by atoms with Crippen molar-refractivity contribution >= 4 is 34.8 Å². The molecule has 0 saturated heterocycles. The van der Waals surface area contributed by atoms with Crippen LogP contribution in [0.2, 0.25) is 10.2 Å². The second-order valence-corrected chi connectivity index (χ2v) is 5.56. The number of pyridine rings is 1. The van der Waals surface area contributed by atoms with Crippen molar-refractivity contribution in [2.24, 2.45) is 0 Å². The maximum atomic E-state index is 12.5. The molecule has 2 N–H and O–H groups in total. The zero-order chi connectivity index (χ0) is 15.6. The molecule has 1 unspecified atom stereocenters. The SMILES string of the molecule is CC(c1cccc(Cl)c1)N(C)C(=O)c1cc(Cl)ncc1N. The Hall–Kier alpha value is -1.78. The summed E-state index contributed by atoms with van der Waals surface area (Å²) in [5, 5.41) is 0.864. The van der Waals surface area contributed by atoms with Gasteiger partial charge in [0.05, 0.1) is 23.5 Å². The Bertz CT molecular complexity index is 676. The first kappa shape index (κ1) is 15.6. The quantitative estimate of drug-likeness (QED) is 0.874. The van der Waals surface area contributed by atoms with Crippen molar-refractivity contribution in [2.75, 3.05) is 12.8 Å². The van der Waals surface area contributed by atoms with Gasteiger partial charge in [-0.05, 0) is 30.7 Å². The van der Waals surface area contributed by atoms with E-state index in [-0.39, 0.29) is 17.1 Å². The number of nitrogen functional groups attached to an aromatic ring is 1. The second kappa shape index (κ2) is 6.33. The molecule has 4 nitrogen and oxygen atoms in total. The van der Waals surface area contributed by atoms with E-state index in [4.69, 9.17) is 28.9 Å². The number of carbonyl (C=O) groups excluding carboxylic acids is 1. The number of amides is 1. The fourth-order valence-corrected chi connectivity index (χ4v) is 2.34. The van der Waals surface area contributed by atoms with E-state index in [1.54, 1.807) is 18.0 Å². The molecular formula is C15H15Cl2N3O. The predicted molar refractivity (Wildman–Crippen MR) is 85.6 cm³/mol. The van der Waals surface area contributed by atoms with Crippen molar-refractivity contribution in [3.8, 4) is 0 Å².